The van der Waals surface area contributed by atoms with E-state index in [0.717, 1.165) is 21.2 Å². The maximum absolute atomic E-state index is 13.1. The Bertz CT molecular complexity index is 1290. The molecule has 0 bridgehead atoms. The van der Waals surface area contributed by atoms with Gasteiger partial charge in [-0.1, -0.05) is 29.8 Å². The quantitative estimate of drug-likeness (QED) is 0.265. The molecule has 4 aromatic rings. The number of hydrazone groups is 1. The van der Waals surface area contributed by atoms with Crippen LogP contribution in [0.1, 0.15) is 20.8 Å². The molecule has 32 heavy (non-hydrogen) atoms. The monoisotopic (exact) mass is 468 g/mol. The van der Waals surface area contributed by atoms with Crippen molar-refractivity contribution in [2.75, 3.05) is 7.11 Å². The lowest BCUT2D eigenvalue weighted by atomic mass is 10.1. The Morgan fingerprint density at radius 1 is 1.16 bits per heavy atom. The number of nitrogens with one attached hydrogen (secondary N) is 1. The van der Waals surface area contributed by atoms with Gasteiger partial charge in [0.1, 0.15) is 28.8 Å². The molecule has 0 unspecified atom stereocenters. The fourth-order valence-electron chi connectivity index (χ4n) is 3.06. The van der Waals surface area contributed by atoms with Gasteiger partial charge in [0.25, 0.3) is 5.91 Å². The van der Waals surface area contributed by atoms with E-state index in [-0.39, 0.29) is 18.3 Å². The van der Waals surface area contributed by atoms with Crippen molar-refractivity contribution in [1.82, 2.24) is 5.43 Å². The molecule has 4 rings (SSSR count). The predicted molar refractivity (Wildman–Crippen MR) is 126 cm³/mol. The van der Waals surface area contributed by atoms with Crippen LogP contribution in [-0.2, 0) is 6.61 Å². The second-order valence-electron chi connectivity index (χ2n) is 6.75. The van der Waals surface area contributed by atoms with Gasteiger partial charge in [0, 0.05) is 15.6 Å². The lowest BCUT2D eigenvalue weighted by Gasteiger charge is -2.11. The van der Waals surface area contributed by atoms with E-state index < -0.39 is 0 Å². The summed E-state index contributed by atoms with van der Waals surface area (Å²) in [5, 5.41) is 5.32. The van der Waals surface area contributed by atoms with Crippen LogP contribution in [0.3, 0.4) is 0 Å². The molecule has 3 aromatic carbocycles. The zero-order valence-corrected chi connectivity index (χ0v) is 18.5. The van der Waals surface area contributed by atoms with Gasteiger partial charge in [0.15, 0.2) is 0 Å². The third kappa shape index (κ3) is 4.90. The number of carbonyl (C=O) groups excluding carboxylic acids is 1. The largest absolute Gasteiger partial charge is 0.496 e. The fourth-order valence-corrected chi connectivity index (χ4v) is 4.47. The minimum atomic E-state index is -0.374. The first-order valence-corrected chi connectivity index (χ1v) is 10.8. The van der Waals surface area contributed by atoms with Gasteiger partial charge in [-0.3, -0.25) is 4.79 Å². The van der Waals surface area contributed by atoms with Crippen LogP contribution < -0.4 is 14.9 Å². The molecule has 0 atom stereocenters. The van der Waals surface area contributed by atoms with Gasteiger partial charge in [-0.05, 0) is 54.1 Å². The summed E-state index contributed by atoms with van der Waals surface area (Å²) in [6.07, 6.45) is 1.53. The van der Waals surface area contributed by atoms with E-state index in [4.69, 9.17) is 21.1 Å². The highest BCUT2D eigenvalue weighted by atomic mass is 35.5. The topological polar surface area (TPSA) is 59.9 Å². The van der Waals surface area contributed by atoms with Crippen LogP contribution in [0.15, 0.2) is 71.8 Å². The van der Waals surface area contributed by atoms with Crippen molar-refractivity contribution >= 4 is 45.1 Å². The number of carbonyl (C=O) groups is 1. The summed E-state index contributed by atoms with van der Waals surface area (Å²) in [5.41, 5.74) is 4.04. The highest BCUT2D eigenvalue weighted by Crippen LogP contribution is 2.35. The van der Waals surface area contributed by atoms with E-state index in [1.54, 1.807) is 25.3 Å². The van der Waals surface area contributed by atoms with Gasteiger partial charge >= 0.3 is 0 Å². The third-order valence-electron chi connectivity index (χ3n) is 4.63. The third-order valence-corrected chi connectivity index (χ3v) is 6.31. The van der Waals surface area contributed by atoms with Crippen LogP contribution in [0.2, 0.25) is 5.02 Å². The molecule has 0 aliphatic carbocycles. The number of hydrogen-bond acceptors (Lipinski definition) is 5. The predicted octanol–water partition coefficient (Wildman–Crippen LogP) is 6.05. The second kappa shape index (κ2) is 9.80. The summed E-state index contributed by atoms with van der Waals surface area (Å²) < 4.78 is 25.1. The van der Waals surface area contributed by atoms with E-state index in [0.29, 0.717) is 21.4 Å². The highest BCUT2D eigenvalue weighted by molar-refractivity contribution is 7.21. The van der Waals surface area contributed by atoms with Crippen LogP contribution in [0.4, 0.5) is 4.39 Å². The van der Waals surface area contributed by atoms with Gasteiger partial charge in [0.2, 0.25) is 0 Å². The van der Waals surface area contributed by atoms with E-state index in [1.807, 2.05) is 36.4 Å². The normalized spacial score (nSPS) is 11.1. The standard InChI is InChI=1S/C24H18ClFN2O3S/c1-30-20-11-6-15(12-16(20)14-31-18-9-7-17(26)8-10-18)13-27-28-24(29)23-22(25)19-4-2-3-5-21(19)32-23/h2-13H,14H2,1H3,(H,28,29)/b27-13-. The molecule has 1 amide bonds. The van der Waals surface area contributed by atoms with Crippen molar-refractivity contribution in [3.05, 3.63) is 93.6 Å². The number of methoxy groups -OCH3 is 1. The van der Waals surface area contributed by atoms with Crippen LogP contribution in [-0.4, -0.2) is 19.2 Å². The van der Waals surface area contributed by atoms with Crippen molar-refractivity contribution in [3.63, 3.8) is 0 Å². The lowest BCUT2D eigenvalue weighted by molar-refractivity contribution is 0.0959. The van der Waals surface area contributed by atoms with Crippen LogP contribution in [0.25, 0.3) is 10.1 Å². The molecule has 1 N–H and O–H groups in total. The Balaban J connectivity index is 1.45. The van der Waals surface area contributed by atoms with E-state index in [9.17, 15) is 9.18 Å². The van der Waals surface area contributed by atoms with Crippen LogP contribution in [0, 0.1) is 5.82 Å². The van der Waals surface area contributed by atoms with E-state index in [1.165, 1.54) is 29.7 Å². The molecule has 5 nitrogen and oxygen atoms in total. The summed E-state index contributed by atoms with van der Waals surface area (Å²) in [4.78, 5) is 12.9. The Hall–Kier alpha value is -3.42. The zero-order chi connectivity index (χ0) is 22.5. The number of fused-ring (bicyclic) bond motifs is 1. The molecule has 162 valence electrons. The second-order valence-corrected chi connectivity index (χ2v) is 8.18. The number of halogens is 2. The molecule has 0 aliphatic rings. The van der Waals surface area contributed by atoms with Crippen LogP contribution >= 0.6 is 22.9 Å². The van der Waals surface area contributed by atoms with Gasteiger partial charge in [0.05, 0.1) is 18.3 Å². The van der Waals surface area contributed by atoms with Crippen LogP contribution in [0.5, 0.6) is 11.5 Å². The molecule has 0 aliphatic heterocycles. The van der Waals surface area contributed by atoms with Crippen molar-refractivity contribution in [2.45, 2.75) is 6.61 Å². The molecule has 0 saturated carbocycles. The first-order valence-electron chi connectivity index (χ1n) is 9.61. The maximum atomic E-state index is 13.1. The summed E-state index contributed by atoms with van der Waals surface area (Å²) in [6, 6.07) is 18.8. The minimum Gasteiger partial charge on any atom is -0.496 e. The molecule has 0 fully saturated rings. The molecule has 8 heteroatoms. The molecule has 0 radical (unpaired) electrons. The van der Waals surface area contributed by atoms with Crippen molar-refractivity contribution < 1.29 is 18.7 Å². The Kier molecular flexibility index (Phi) is 6.68. The summed E-state index contributed by atoms with van der Waals surface area (Å²) in [7, 11) is 1.57. The number of amides is 1. The van der Waals surface area contributed by atoms with Gasteiger partial charge in [-0.2, -0.15) is 5.10 Å². The van der Waals surface area contributed by atoms with Gasteiger partial charge in [-0.25, -0.2) is 9.82 Å². The SMILES string of the molecule is COc1ccc(/C=N\NC(=O)c2sc3ccccc3c2Cl)cc1COc1ccc(F)cc1. The summed E-state index contributed by atoms with van der Waals surface area (Å²) in [6.45, 7) is 0.222. The number of benzene rings is 3. The van der Waals surface area contributed by atoms with Gasteiger partial charge in [-0.15, -0.1) is 11.3 Å². The average Bonchev–Trinajstić information content (AvgIpc) is 3.15. The van der Waals surface area contributed by atoms with E-state index in [2.05, 4.69) is 10.5 Å². The van der Waals surface area contributed by atoms with Gasteiger partial charge < -0.3 is 9.47 Å². The summed E-state index contributed by atoms with van der Waals surface area (Å²) in [5.74, 6) is 0.485. The molecule has 1 aromatic heterocycles. The molecular formula is C24H18ClFN2O3S. The number of thiophene rings is 1. The molecule has 0 saturated heterocycles. The smallest absolute Gasteiger partial charge is 0.283 e. The van der Waals surface area contributed by atoms with Crippen molar-refractivity contribution in [2.24, 2.45) is 5.10 Å². The molecule has 0 spiro atoms. The Morgan fingerprint density at radius 3 is 2.69 bits per heavy atom. The zero-order valence-electron chi connectivity index (χ0n) is 17.0. The fraction of sp³-hybridized carbons (Fsp3) is 0.0833. The highest BCUT2D eigenvalue weighted by Gasteiger charge is 2.16. The van der Waals surface area contributed by atoms with E-state index >= 15 is 0 Å². The molecule has 1 heterocycles. The maximum Gasteiger partial charge on any atom is 0.283 e. The number of hydrogen-bond donors (Lipinski definition) is 1. The number of rotatable bonds is 7. The minimum absolute atomic E-state index is 0.222. The summed E-state index contributed by atoms with van der Waals surface area (Å²) >= 11 is 7.66. The first kappa shape index (κ1) is 21.8. The Labute approximate surface area is 193 Å². The lowest BCUT2D eigenvalue weighted by Crippen LogP contribution is -2.16. The first-order chi connectivity index (χ1) is 15.5. The number of nitrogens with zero attached hydrogens (tertiary/aromatic N) is 1. The average molecular weight is 469 g/mol. The number of ether oxygens (including phenoxy) is 2. The van der Waals surface area contributed by atoms with Crippen molar-refractivity contribution in [3.8, 4) is 11.5 Å². The molecular weight excluding hydrogens is 451 g/mol. The Morgan fingerprint density at radius 2 is 1.94 bits per heavy atom. The van der Waals surface area contributed by atoms with Crippen molar-refractivity contribution in [1.29, 1.82) is 0 Å².